The van der Waals surface area contributed by atoms with Crippen LogP contribution in [0.2, 0.25) is 0 Å². The van der Waals surface area contributed by atoms with Crippen LogP contribution in [0, 0.1) is 0 Å². The van der Waals surface area contributed by atoms with Crippen LogP contribution in [-0.2, 0) is 9.53 Å². The van der Waals surface area contributed by atoms with E-state index in [1.165, 1.54) is 23.0 Å². The minimum absolute atomic E-state index is 0. The third-order valence-electron chi connectivity index (χ3n) is 5.80. The molecule has 0 aromatic heterocycles. The molecule has 0 heterocycles. The van der Waals surface area contributed by atoms with Gasteiger partial charge in [-0.1, -0.05) is 84.9 Å². The molecular formula is C30H29BrN2O2P+. The van der Waals surface area contributed by atoms with Crippen LogP contribution in [0.1, 0.15) is 12.5 Å². The molecule has 4 aromatic rings. The summed E-state index contributed by atoms with van der Waals surface area (Å²) in [6.07, 6.45) is 0.692. The molecule has 0 aliphatic carbocycles. The molecule has 182 valence electrons. The minimum atomic E-state index is -2.09. The van der Waals surface area contributed by atoms with E-state index in [2.05, 4.69) is 83.0 Å². The summed E-state index contributed by atoms with van der Waals surface area (Å²) in [4.78, 5) is 12.5. The lowest BCUT2D eigenvalue weighted by Crippen LogP contribution is -2.35. The number of carbonyl (C=O) groups excluding carboxylic acids is 1. The lowest BCUT2D eigenvalue weighted by Gasteiger charge is -2.27. The molecule has 6 heteroatoms. The number of nitrogens with zero attached hydrogens (tertiary/aromatic N) is 2. The summed E-state index contributed by atoms with van der Waals surface area (Å²) in [5, 5.41) is 12.8. The van der Waals surface area contributed by atoms with Crippen molar-refractivity contribution in [1.29, 1.82) is 0 Å². The highest BCUT2D eigenvalue weighted by Gasteiger charge is 2.45. The fourth-order valence-electron chi connectivity index (χ4n) is 4.19. The van der Waals surface area contributed by atoms with E-state index in [1.54, 1.807) is 0 Å². The van der Waals surface area contributed by atoms with E-state index in [-0.39, 0.29) is 22.7 Å². The van der Waals surface area contributed by atoms with Gasteiger partial charge in [0.05, 0.1) is 12.8 Å². The Bertz CT molecular complexity index is 1220. The molecule has 36 heavy (non-hydrogen) atoms. The van der Waals surface area contributed by atoms with Crippen molar-refractivity contribution in [3.63, 3.8) is 0 Å². The molecule has 0 saturated heterocycles. The maximum atomic E-state index is 12.5. The van der Waals surface area contributed by atoms with E-state index in [0.717, 1.165) is 5.71 Å². The molecule has 0 aliphatic rings. The molecule has 0 saturated carbocycles. The van der Waals surface area contributed by atoms with Crippen molar-refractivity contribution in [2.45, 2.75) is 6.92 Å². The predicted octanol–water partition coefficient (Wildman–Crippen LogP) is 5.60. The van der Waals surface area contributed by atoms with Gasteiger partial charge >= 0.3 is 5.97 Å². The molecule has 0 unspecified atom stereocenters. The van der Waals surface area contributed by atoms with Crippen molar-refractivity contribution in [3.05, 3.63) is 127 Å². The van der Waals surface area contributed by atoms with E-state index in [9.17, 15) is 4.79 Å². The van der Waals surface area contributed by atoms with Crippen LogP contribution in [0.4, 0.5) is 0 Å². The first-order valence-corrected chi connectivity index (χ1v) is 13.4. The summed E-state index contributed by atoms with van der Waals surface area (Å²) in [5.74, 6) is -0.511. The zero-order valence-corrected chi connectivity index (χ0v) is 22.9. The lowest BCUT2D eigenvalue weighted by atomic mass is 10.1. The number of methoxy groups -OCH3 is 1. The highest BCUT2D eigenvalue weighted by atomic mass is 79.9. The summed E-state index contributed by atoms with van der Waals surface area (Å²) in [5.41, 5.74) is 1.70. The normalized spacial score (nSPS) is 11.9. The van der Waals surface area contributed by atoms with Gasteiger partial charge < -0.3 is 4.74 Å². The van der Waals surface area contributed by atoms with E-state index in [0.29, 0.717) is 11.7 Å². The van der Waals surface area contributed by atoms with Gasteiger partial charge in [-0.2, -0.15) is 5.10 Å². The number of benzene rings is 4. The van der Waals surface area contributed by atoms with Crippen LogP contribution < -0.4 is 15.9 Å². The number of carbonyl (C=O) groups is 1. The van der Waals surface area contributed by atoms with Crippen molar-refractivity contribution in [3.8, 4) is 0 Å². The van der Waals surface area contributed by atoms with Gasteiger partial charge in [0, 0.05) is 5.56 Å². The largest absolute Gasteiger partial charge is 0.464 e. The molecule has 4 nitrogen and oxygen atoms in total. The SMILES string of the molecule is Br.COC(=O)/C(=N/N=C(\C)C[P+](c1ccccc1)(c1ccccc1)c1ccccc1)c1ccccc1. The number of hydrogen-bond donors (Lipinski definition) is 0. The Morgan fingerprint density at radius 2 is 1.06 bits per heavy atom. The molecule has 4 rings (SSSR count). The number of esters is 1. The third-order valence-corrected chi connectivity index (χ3v) is 10.3. The van der Waals surface area contributed by atoms with Crippen LogP contribution in [0.5, 0.6) is 0 Å². The summed E-state index contributed by atoms with van der Waals surface area (Å²) in [6, 6.07) is 41.2. The Kier molecular flexibility index (Phi) is 9.86. The Hall–Kier alpha value is -3.40. The first-order valence-electron chi connectivity index (χ1n) is 11.4. The number of halogens is 1. The molecule has 0 aliphatic heterocycles. The summed E-state index contributed by atoms with van der Waals surface area (Å²) >= 11 is 0. The molecule has 0 spiro atoms. The minimum Gasteiger partial charge on any atom is -0.464 e. The fourth-order valence-corrected chi connectivity index (χ4v) is 8.42. The highest BCUT2D eigenvalue weighted by Crippen LogP contribution is 2.55. The number of ether oxygens (including phenoxy) is 1. The maximum absolute atomic E-state index is 12.5. The smallest absolute Gasteiger partial charge is 0.359 e. The molecular weight excluding hydrogens is 531 g/mol. The summed E-state index contributed by atoms with van der Waals surface area (Å²) in [7, 11) is -0.733. The average molecular weight is 560 g/mol. The van der Waals surface area contributed by atoms with Crippen LogP contribution in [0.15, 0.2) is 132 Å². The quantitative estimate of drug-likeness (QED) is 0.122. The van der Waals surface area contributed by atoms with Gasteiger partial charge in [-0.15, -0.1) is 22.1 Å². The average Bonchev–Trinajstić information content (AvgIpc) is 2.93. The topological polar surface area (TPSA) is 51.0 Å². The number of hydrogen-bond acceptors (Lipinski definition) is 4. The maximum Gasteiger partial charge on any atom is 0.359 e. The lowest BCUT2D eigenvalue weighted by molar-refractivity contribution is -0.132. The Labute approximate surface area is 223 Å². The van der Waals surface area contributed by atoms with Gasteiger partial charge in [0.15, 0.2) is 5.71 Å². The zero-order chi connectivity index (χ0) is 24.5. The van der Waals surface area contributed by atoms with E-state index in [4.69, 9.17) is 4.74 Å². The standard InChI is InChI=1S/C30H28N2O2P.BrH/c1-24(31-32-29(30(33)34-2)25-15-7-3-8-16-25)23-35(26-17-9-4-10-18-26,27-19-11-5-12-20-27)28-21-13-6-14-22-28;/h3-22H,23H2,1-2H3;1H/q+1;/b31-24+,32-29+;. The first kappa shape index (κ1) is 27.2. The third kappa shape index (κ3) is 6.04. The number of rotatable bonds is 8. The molecule has 0 atom stereocenters. The van der Waals surface area contributed by atoms with Gasteiger partial charge in [-0.05, 0) is 43.3 Å². The van der Waals surface area contributed by atoms with E-state index < -0.39 is 13.2 Å². The van der Waals surface area contributed by atoms with Crippen LogP contribution >= 0.6 is 24.2 Å². The van der Waals surface area contributed by atoms with Crippen molar-refractivity contribution >= 4 is 57.6 Å². The first-order chi connectivity index (χ1) is 17.1. The summed E-state index contributed by atoms with van der Waals surface area (Å²) < 4.78 is 4.98. The Morgan fingerprint density at radius 3 is 1.44 bits per heavy atom. The fraction of sp³-hybridized carbons (Fsp3) is 0.100. The monoisotopic (exact) mass is 559 g/mol. The Morgan fingerprint density at radius 1 is 0.667 bits per heavy atom. The Balaban J connectivity index is 0.00000361. The van der Waals surface area contributed by atoms with Crippen LogP contribution in [0.25, 0.3) is 0 Å². The van der Waals surface area contributed by atoms with Gasteiger partial charge in [-0.25, -0.2) is 4.79 Å². The van der Waals surface area contributed by atoms with Gasteiger partial charge in [0.25, 0.3) is 0 Å². The van der Waals surface area contributed by atoms with Crippen LogP contribution in [-0.4, -0.2) is 30.7 Å². The second kappa shape index (κ2) is 13.1. The predicted molar refractivity (Wildman–Crippen MR) is 158 cm³/mol. The molecule has 0 amide bonds. The second-order valence-electron chi connectivity index (χ2n) is 8.12. The van der Waals surface area contributed by atoms with Gasteiger partial charge in [0.2, 0.25) is 0 Å². The summed E-state index contributed by atoms with van der Waals surface area (Å²) in [6.45, 7) is 1.98. The van der Waals surface area contributed by atoms with Crippen LogP contribution in [0.3, 0.4) is 0 Å². The molecule has 0 fully saturated rings. The van der Waals surface area contributed by atoms with Gasteiger partial charge in [-0.3, -0.25) is 0 Å². The molecule has 0 bridgehead atoms. The van der Waals surface area contributed by atoms with E-state index in [1.807, 2.05) is 55.5 Å². The van der Waals surface area contributed by atoms with Crippen molar-refractivity contribution < 1.29 is 9.53 Å². The molecule has 0 radical (unpaired) electrons. The van der Waals surface area contributed by atoms with Crippen molar-refractivity contribution in [2.24, 2.45) is 10.2 Å². The second-order valence-corrected chi connectivity index (χ2v) is 11.6. The molecule has 4 aromatic carbocycles. The zero-order valence-electron chi connectivity index (χ0n) is 20.3. The molecule has 0 N–H and O–H groups in total. The highest BCUT2D eigenvalue weighted by molar-refractivity contribution is 8.93. The van der Waals surface area contributed by atoms with Gasteiger partial charge in [0.1, 0.15) is 29.3 Å². The van der Waals surface area contributed by atoms with Crippen molar-refractivity contribution in [2.75, 3.05) is 13.3 Å². The van der Waals surface area contributed by atoms with E-state index >= 15 is 0 Å². The van der Waals surface area contributed by atoms with Crippen molar-refractivity contribution in [1.82, 2.24) is 0 Å².